The van der Waals surface area contributed by atoms with Gasteiger partial charge < -0.3 is 21.7 Å². The summed E-state index contributed by atoms with van der Waals surface area (Å²) < 4.78 is 0. The van der Waals surface area contributed by atoms with Crippen molar-refractivity contribution in [1.82, 2.24) is 0 Å². The first kappa shape index (κ1) is 16.3. The predicted molar refractivity (Wildman–Crippen MR) is 84.4 cm³/mol. The molecule has 0 unspecified atom stereocenters. The van der Waals surface area contributed by atoms with Gasteiger partial charge in [-0.3, -0.25) is 0 Å². The van der Waals surface area contributed by atoms with Gasteiger partial charge >= 0.3 is 0 Å². The van der Waals surface area contributed by atoms with Crippen molar-refractivity contribution in [3.8, 4) is 11.5 Å². The van der Waals surface area contributed by atoms with Crippen LogP contribution in [-0.2, 0) is 6.42 Å². The number of hydrogen-bond donors (Lipinski definition) is 4. The second-order valence-corrected chi connectivity index (χ2v) is 4.83. The zero-order chi connectivity index (χ0) is 15.3. The Kier molecular flexibility index (Phi) is 5.80. The first-order valence-electron chi connectivity index (χ1n) is 5.86. The molecular formula is C14H16Cl2N2O2. The van der Waals surface area contributed by atoms with Crippen LogP contribution in [0.1, 0.15) is 12.5 Å². The number of hydrogen-bond acceptors (Lipinski definition) is 4. The number of benzene rings is 2. The lowest BCUT2D eigenvalue weighted by Crippen LogP contribution is -1.86. The standard InChI is InChI=1S/C8H11NO.C6H5Cl2NO/c1-2-6-3-4-7(9)8(10)5-6;7-3-1-2-4(10)5(8)6(3)9/h3-5,10H,2,9H2,1H3;1-2,10H,9H2. The van der Waals surface area contributed by atoms with Gasteiger partial charge in [-0.1, -0.05) is 36.2 Å². The van der Waals surface area contributed by atoms with Crippen molar-refractivity contribution in [1.29, 1.82) is 0 Å². The van der Waals surface area contributed by atoms with Crippen molar-refractivity contribution < 1.29 is 10.2 Å². The molecule has 2 aromatic rings. The highest BCUT2D eigenvalue weighted by atomic mass is 35.5. The van der Waals surface area contributed by atoms with Crippen molar-refractivity contribution in [3.63, 3.8) is 0 Å². The number of rotatable bonds is 1. The van der Waals surface area contributed by atoms with E-state index < -0.39 is 0 Å². The largest absolute Gasteiger partial charge is 0.506 e. The summed E-state index contributed by atoms with van der Waals surface area (Å²) in [6, 6.07) is 8.19. The first-order chi connectivity index (χ1) is 9.36. The molecule has 0 heterocycles. The van der Waals surface area contributed by atoms with E-state index in [1.165, 1.54) is 12.1 Å². The van der Waals surface area contributed by atoms with E-state index >= 15 is 0 Å². The fourth-order valence-electron chi connectivity index (χ4n) is 1.37. The molecule has 4 nitrogen and oxygen atoms in total. The van der Waals surface area contributed by atoms with Crippen LogP contribution in [0.5, 0.6) is 11.5 Å². The van der Waals surface area contributed by atoms with E-state index in [-0.39, 0.29) is 22.2 Å². The molecule has 0 saturated heterocycles. The Morgan fingerprint density at radius 3 is 2.15 bits per heavy atom. The van der Waals surface area contributed by atoms with Crippen LogP contribution in [0.2, 0.25) is 10.0 Å². The Bertz CT molecular complexity index is 577. The van der Waals surface area contributed by atoms with Crippen molar-refractivity contribution >= 4 is 34.6 Å². The van der Waals surface area contributed by atoms with Gasteiger partial charge in [0.25, 0.3) is 0 Å². The van der Waals surface area contributed by atoms with Crippen LogP contribution in [0.15, 0.2) is 30.3 Å². The second-order valence-electron chi connectivity index (χ2n) is 4.04. The van der Waals surface area contributed by atoms with Crippen molar-refractivity contribution in [2.75, 3.05) is 11.5 Å². The molecule has 6 heteroatoms. The Hall–Kier alpha value is -1.78. The molecule has 0 aliphatic heterocycles. The van der Waals surface area contributed by atoms with E-state index in [0.717, 1.165) is 12.0 Å². The molecule has 0 aromatic heterocycles. The van der Waals surface area contributed by atoms with Crippen LogP contribution in [0.3, 0.4) is 0 Å². The van der Waals surface area contributed by atoms with Crippen molar-refractivity contribution in [2.45, 2.75) is 13.3 Å². The number of nitrogens with two attached hydrogens (primary N) is 2. The van der Waals surface area contributed by atoms with Gasteiger partial charge in [-0.15, -0.1) is 0 Å². The third kappa shape index (κ3) is 4.11. The number of aryl methyl sites for hydroxylation is 1. The highest BCUT2D eigenvalue weighted by Crippen LogP contribution is 2.34. The molecule has 0 fully saturated rings. The minimum Gasteiger partial charge on any atom is -0.506 e. The van der Waals surface area contributed by atoms with Gasteiger partial charge in [0.2, 0.25) is 0 Å². The maximum Gasteiger partial charge on any atom is 0.138 e. The molecule has 0 bridgehead atoms. The molecule has 2 rings (SSSR count). The van der Waals surface area contributed by atoms with Crippen LogP contribution in [0, 0.1) is 0 Å². The summed E-state index contributed by atoms with van der Waals surface area (Å²) in [7, 11) is 0. The third-order valence-corrected chi connectivity index (χ3v) is 3.34. The lowest BCUT2D eigenvalue weighted by Gasteiger charge is -2.01. The zero-order valence-electron chi connectivity index (χ0n) is 10.9. The van der Waals surface area contributed by atoms with Gasteiger partial charge in [0.05, 0.1) is 16.4 Å². The molecule has 0 aliphatic rings. The first-order valence-corrected chi connectivity index (χ1v) is 6.62. The van der Waals surface area contributed by atoms with E-state index in [4.69, 9.17) is 44.9 Å². The van der Waals surface area contributed by atoms with E-state index in [1.54, 1.807) is 12.1 Å². The van der Waals surface area contributed by atoms with Gasteiger partial charge in [-0.2, -0.15) is 0 Å². The SMILES string of the molecule is CCc1ccc(N)c(O)c1.Nc1c(Cl)ccc(O)c1Cl. The molecule has 0 radical (unpaired) electrons. The summed E-state index contributed by atoms with van der Waals surface area (Å²) in [6.45, 7) is 2.03. The Morgan fingerprint density at radius 2 is 1.65 bits per heavy atom. The summed E-state index contributed by atoms with van der Waals surface area (Å²) in [5.41, 5.74) is 12.5. The summed E-state index contributed by atoms with van der Waals surface area (Å²) in [6.07, 6.45) is 0.924. The van der Waals surface area contributed by atoms with E-state index in [9.17, 15) is 0 Å². The minimum absolute atomic E-state index is 0.0523. The van der Waals surface area contributed by atoms with Crippen LogP contribution in [-0.4, -0.2) is 10.2 Å². The minimum atomic E-state index is -0.0523. The fourth-order valence-corrected chi connectivity index (χ4v) is 1.74. The van der Waals surface area contributed by atoms with Gasteiger partial charge in [0.15, 0.2) is 0 Å². The maximum atomic E-state index is 9.11. The number of anilines is 2. The second kappa shape index (κ2) is 7.12. The molecule has 20 heavy (non-hydrogen) atoms. The lowest BCUT2D eigenvalue weighted by atomic mass is 10.1. The normalized spacial score (nSPS) is 9.75. The third-order valence-electron chi connectivity index (χ3n) is 2.61. The summed E-state index contributed by atoms with van der Waals surface area (Å²) in [5.74, 6) is 0.128. The monoisotopic (exact) mass is 314 g/mol. The summed E-state index contributed by atoms with van der Waals surface area (Å²) in [4.78, 5) is 0. The maximum absolute atomic E-state index is 9.11. The lowest BCUT2D eigenvalue weighted by molar-refractivity contribution is 0.476. The molecule has 0 spiro atoms. The summed E-state index contributed by atoms with van der Waals surface area (Å²) in [5, 5.41) is 18.5. The average Bonchev–Trinajstić information content (AvgIpc) is 2.44. The molecule has 0 aliphatic carbocycles. The number of halogens is 2. The molecule has 0 atom stereocenters. The zero-order valence-corrected chi connectivity index (χ0v) is 12.4. The van der Waals surface area contributed by atoms with E-state index in [2.05, 4.69) is 0 Å². The molecule has 108 valence electrons. The Labute approximate surface area is 127 Å². The topological polar surface area (TPSA) is 92.5 Å². The number of phenols is 2. The van der Waals surface area contributed by atoms with Crippen LogP contribution >= 0.6 is 23.2 Å². The Balaban J connectivity index is 0.000000200. The quantitative estimate of drug-likeness (QED) is 0.475. The van der Waals surface area contributed by atoms with E-state index in [1.807, 2.05) is 13.0 Å². The molecule has 0 amide bonds. The van der Waals surface area contributed by atoms with Crippen LogP contribution in [0.4, 0.5) is 11.4 Å². The summed E-state index contributed by atoms with van der Waals surface area (Å²) >= 11 is 11.1. The van der Waals surface area contributed by atoms with Crippen LogP contribution in [0.25, 0.3) is 0 Å². The smallest absolute Gasteiger partial charge is 0.138 e. The predicted octanol–water partition coefficient (Wildman–Crippen LogP) is 3.82. The van der Waals surface area contributed by atoms with Gasteiger partial charge in [-0.05, 0) is 36.2 Å². The number of phenolic OH excluding ortho intramolecular Hbond substituents is 2. The van der Waals surface area contributed by atoms with Crippen molar-refractivity contribution in [3.05, 3.63) is 45.9 Å². The molecule has 2 aromatic carbocycles. The van der Waals surface area contributed by atoms with Gasteiger partial charge in [0.1, 0.15) is 16.5 Å². The number of nitrogen functional groups attached to an aromatic ring is 2. The number of aromatic hydroxyl groups is 2. The fraction of sp³-hybridized carbons (Fsp3) is 0.143. The molecular weight excluding hydrogens is 299 g/mol. The highest BCUT2D eigenvalue weighted by Gasteiger charge is 2.04. The van der Waals surface area contributed by atoms with Crippen molar-refractivity contribution in [2.24, 2.45) is 0 Å². The van der Waals surface area contributed by atoms with Gasteiger partial charge in [0, 0.05) is 0 Å². The Morgan fingerprint density at radius 1 is 1.00 bits per heavy atom. The molecule has 6 N–H and O–H groups in total. The van der Waals surface area contributed by atoms with Gasteiger partial charge in [-0.25, -0.2) is 0 Å². The van der Waals surface area contributed by atoms with E-state index in [0.29, 0.717) is 10.7 Å². The molecule has 0 saturated carbocycles. The average molecular weight is 315 g/mol. The van der Waals surface area contributed by atoms with Crippen LogP contribution < -0.4 is 11.5 Å². The highest BCUT2D eigenvalue weighted by molar-refractivity contribution is 6.39.